The van der Waals surface area contributed by atoms with Crippen molar-refractivity contribution in [3.8, 4) is 11.5 Å². The maximum absolute atomic E-state index is 12.9. The van der Waals surface area contributed by atoms with E-state index in [-0.39, 0.29) is 18.9 Å². The molecule has 0 fully saturated rings. The number of carbonyl (C=O) groups is 3. The number of hydrogen-bond acceptors (Lipinski definition) is 7. The summed E-state index contributed by atoms with van der Waals surface area (Å²) in [5, 5.41) is 5.94. The monoisotopic (exact) mass is 453 g/mol. The van der Waals surface area contributed by atoms with Gasteiger partial charge in [-0.3, -0.25) is 19.3 Å². The Balaban J connectivity index is 1.66. The summed E-state index contributed by atoms with van der Waals surface area (Å²) in [6.45, 7) is 0.227. The molecule has 1 aliphatic rings. The Hall–Kier alpha value is -4.01. The standard InChI is InChI=1S/C24H27N3O6/c1-31-20-9-8-16(12-21(20)32-2)10-11-25-22(28)15-27-19-7-5-4-6-18(19)26-17(13-23(27)29)14-24(30)33-3/h4-9,12-13,26H,10-11,14-15H2,1-3H3,(H,25,28). The number of hydrogen-bond donors (Lipinski definition) is 2. The van der Waals surface area contributed by atoms with E-state index in [1.807, 2.05) is 18.2 Å². The summed E-state index contributed by atoms with van der Waals surface area (Å²) in [7, 11) is 4.43. The molecule has 0 radical (unpaired) electrons. The highest BCUT2D eigenvalue weighted by Crippen LogP contribution is 2.30. The fourth-order valence-electron chi connectivity index (χ4n) is 3.44. The molecule has 0 aliphatic carbocycles. The minimum atomic E-state index is -0.472. The van der Waals surface area contributed by atoms with Crippen LogP contribution in [0, 0.1) is 0 Å². The van der Waals surface area contributed by atoms with Crippen molar-refractivity contribution in [1.29, 1.82) is 0 Å². The summed E-state index contributed by atoms with van der Waals surface area (Å²) in [6.07, 6.45) is 1.82. The molecule has 0 spiro atoms. The number of anilines is 2. The van der Waals surface area contributed by atoms with Crippen molar-refractivity contribution < 1.29 is 28.6 Å². The molecule has 1 heterocycles. The highest BCUT2D eigenvalue weighted by atomic mass is 16.5. The van der Waals surface area contributed by atoms with E-state index in [2.05, 4.69) is 10.6 Å². The van der Waals surface area contributed by atoms with Crippen molar-refractivity contribution in [2.24, 2.45) is 0 Å². The van der Waals surface area contributed by atoms with Gasteiger partial charge in [0.2, 0.25) is 5.91 Å². The Labute approximate surface area is 192 Å². The fraction of sp³-hybridized carbons (Fsp3) is 0.292. The molecule has 0 atom stereocenters. The second-order valence-corrected chi connectivity index (χ2v) is 7.28. The van der Waals surface area contributed by atoms with Gasteiger partial charge in [0.15, 0.2) is 11.5 Å². The summed E-state index contributed by atoms with van der Waals surface area (Å²) >= 11 is 0. The van der Waals surface area contributed by atoms with E-state index in [0.29, 0.717) is 41.5 Å². The maximum atomic E-state index is 12.9. The number of para-hydroxylation sites is 2. The summed E-state index contributed by atoms with van der Waals surface area (Å²) in [4.78, 5) is 38.6. The van der Waals surface area contributed by atoms with Crippen molar-refractivity contribution in [3.05, 3.63) is 59.8 Å². The number of amides is 2. The molecule has 33 heavy (non-hydrogen) atoms. The number of nitrogens with zero attached hydrogens (tertiary/aromatic N) is 1. The first-order valence-corrected chi connectivity index (χ1v) is 10.4. The normalized spacial score (nSPS) is 12.6. The van der Waals surface area contributed by atoms with Gasteiger partial charge in [0, 0.05) is 18.3 Å². The number of ether oxygens (including phenoxy) is 3. The number of fused-ring (bicyclic) bond motifs is 1. The zero-order chi connectivity index (χ0) is 23.8. The molecule has 0 saturated heterocycles. The molecule has 2 N–H and O–H groups in total. The Morgan fingerprint density at radius 3 is 2.52 bits per heavy atom. The third-order valence-electron chi connectivity index (χ3n) is 5.10. The molecule has 0 saturated carbocycles. The summed E-state index contributed by atoms with van der Waals surface area (Å²) in [6, 6.07) is 12.7. The molecule has 3 rings (SSSR count). The zero-order valence-electron chi connectivity index (χ0n) is 18.8. The van der Waals surface area contributed by atoms with Crippen molar-refractivity contribution in [2.45, 2.75) is 12.8 Å². The largest absolute Gasteiger partial charge is 0.493 e. The average Bonchev–Trinajstić information content (AvgIpc) is 2.94. The number of esters is 1. The second kappa shape index (κ2) is 11.0. The van der Waals surface area contributed by atoms with Crippen LogP contribution in [0.4, 0.5) is 11.4 Å². The third kappa shape index (κ3) is 6.03. The lowest BCUT2D eigenvalue weighted by Gasteiger charge is -2.21. The van der Waals surface area contributed by atoms with E-state index in [9.17, 15) is 14.4 Å². The Morgan fingerprint density at radius 1 is 1.03 bits per heavy atom. The molecule has 2 aromatic carbocycles. The van der Waals surface area contributed by atoms with E-state index in [1.54, 1.807) is 38.5 Å². The molecule has 1 aliphatic heterocycles. The Kier molecular flexibility index (Phi) is 7.91. The number of carbonyl (C=O) groups excluding carboxylic acids is 3. The van der Waals surface area contributed by atoms with Crippen molar-refractivity contribution in [3.63, 3.8) is 0 Å². The van der Waals surface area contributed by atoms with Crippen LogP contribution in [0.5, 0.6) is 11.5 Å². The summed E-state index contributed by atoms with van der Waals surface area (Å²) in [5.74, 6) is 0.0808. The molecular formula is C24H27N3O6. The van der Waals surface area contributed by atoms with Crippen LogP contribution in [-0.2, 0) is 25.5 Å². The van der Waals surface area contributed by atoms with Gasteiger partial charge in [-0.2, -0.15) is 0 Å². The SMILES string of the molecule is COC(=O)CC1=CC(=O)N(CC(=O)NCCc2ccc(OC)c(OC)c2)c2ccccc2N1. The minimum absolute atomic E-state index is 0.0814. The van der Waals surface area contributed by atoms with Gasteiger partial charge >= 0.3 is 5.97 Å². The predicted octanol–water partition coefficient (Wildman–Crippen LogP) is 2.27. The van der Waals surface area contributed by atoms with Crippen molar-refractivity contribution >= 4 is 29.2 Å². The lowest BCUT2D eigenvalue weighted by molar-refractivity contribution is -0.139. The second-order valence-electron chi connectivity index (χ2n) is 7.28. The molecule has 2 amide bonds. The average molecular weight is 453 g/mol. The van der Waals surface area contributed by atoms with E-state index < -0.39 is 11.9 Å². The quantitative estimate of drug-likeness (QED) is 0.561. The predicted molar refractivity (Wildman–Crippen MR) is 123 cm³/mol. The molecule has 0 bridgehead atoms. The molecule has 0 aromatic heterocycles. The van der Waals surface area contributed by atoms with E-state index in [1.165, 1.54) is 18.1 Å². The first-order chi connectivity index (χ1) is 15.9. The minimum Gasteiger partial charge on any atom is -0.493 e. The van der Waals surface area contributed by atoms with Crippen molar-refractivity contribution in [2.75, 3.05) is 44.6 Å². The molecule has 9 heteroatoms. The molecular weight excluding hydrogens is 426 g/mol. The van der Waals surface area contributed by atoms with Gasteiger partial charge in [0.25, 0.3) is 5.91 Å². The first kappa shape index (κ1) is 23.6. The number of benzene rings is 2. The van der Waals surface area contributed by atoms with Crippen LogP contribution < -0.4 is 25.0 Å². The van der Waals surface area contributed by atoms with Gasteiger partial charge in [-0.05, 0) is 36.2 Å². The van der Waals surface area contributed by atoms with Gasteiger partial charge in [-0.1, -0.05) is 18.2 Å². The van der Waals surface area contributed by atoms with Crippen LogP contribution >= 0.6 is 0 Å². The number of methoxy groups -OCH3 is 3. The first-order valence-electron chi connectivity index (χ1n) is 10.4. The van der Waals surface area contributed by atoms with Gasteiger partial charge in [-0.25, -0.2) is 0 Å². The molecule has 0 unspecified atom stereocenters. The molecule has 174 valence electrons. The fourth-order valence-corrected chi connectivity index (χ4v) is 3.44. The smallest absolute Gasteiger partial charge is 0.311 e. The Bertz CT molecular complexity index is 1070. The van der Waals surface area contributed by atoms with Gasteiger partial charge in [-0.15, -0.1) is 0 Å². The highest BCUT2D eigenvalue weighted by Gasteiger charge is 2.24. The lowest BCUT2D eigenvalue weighted by atomic mass is 10.1. The number of nitrogens with one attached hydrogen (secondary N) is 2. The van der Waals surface area contributed by atoms with Crippen LogP contribution in [0.3, 0.4) is 0 Å². The van der Waals surface area contributed by atoms with E-state index in [4.69, 9.17) is 14.2 Å². The summed E-state index contributed by atoms with van der Waals surface area (Å²) < 4.78 is 15.2. The van der Waals surface area contributed by atoms with Crippen LogP contribution in [0.25, 0.3) is 0 Å². The molecule has 9 nitrogen and oxygen atoms in total. The van der Waals surface area contributed by atoms with Crippen LogP contribution in [-0.4, -0.2) is 52.2 Å². The third-order valence-corrected chi connectivity index (χ3v) is 5.10. The van der Waals surface area contributed by atoms with Gasteiger partial charge in [0.05, 0.1) is 39.1 Å². The van der Waals surface area contributed by atoms with Crippen LogP contribution in [0.15, 0.2) is 54.2 Å². The zero-order valence-corrected chi connectivity index (χ0v) is 18.8. The highest BCUT2D eigenvalue weighted by molar-refractivity contribution is 6.09. The molecule has 2 aromatic rings. The number of rotatable bonds is 9. The summed E-state index contributed by atoms with van der Waals surface area (Å²) in [5.41, 5.74) is 2.55. The lowest BCUT2D eigenvalue weighted by Crippen LogP contribution is -2.40. The maximum Gasteiger partial charge on any atom is 0.311 e. The van der Waals surface area contributed by atoms with Crippen LogP contribution in [0.2, 0.25) is 0 Å². The van der Waals surface area contributed by atoms with Crippen LogP contribution in [0.1, 0.15) is 12.0 Å². The van der Waals surface area contributed by atoms with E-state index >= 15 is 0 Å². The van der Waals surface area contributed by atoms with Gasteiger partial charge < -0.3 is 24.8 Å². The van der Waals surface area contributed by atoms with Gasteiger partial charge in [0.1, 0.15) is 6.54 Å². The Morgan fingerprint density at radius 2 is 1.79 bits per heavy atom. The van der Waals surface area contributed by atoms with Crippen molar-refractivity contribution in [1.82, 2.24) is 5.32 Å². The van der Waals surface area contributed by atoms with E-state index in [0.717, 1.165) is 5.56 Å². The topological polar surface area (TPSA) is 106 Å².